The largest absolute Gasteiger partial charge is 0.497 e. The number of ether oxygens (including phenoxy) is 2. The molecular formula is C21H25F2N3O4. The fraction of sp³-hybridized carbons (Fsp3) is 0.333. The zero-order valence-electron chi connectivity index (χ0n) is 16.6. The second-order valence-corrected chi connectivity index (χ2v) is 6.46. The van der Waals surface area contributed by atoms with Crippen molar-refractivity contribution in [1.82, 2.24) is 5.32 Å². The maximum Gasteiger partial charge on any atom is 0.387 e. The smallest absolute Gasteiger partial charge is 0.387 e. The minimum Gasteiger partial charge on any atom is -0.497 e. The van der Waals surface area contributed by atoms with E-state index in [-0.39, 0.29) is 24.6 Å². The van der Waals surface area contributed by atoms with Crippen LogP contribution in [0.1, 0.15) is 12.0 Å². The Kier molecular flexibility index (Phi) is 8.86. The molecule has 0 aliphatic carbocycles. The molecule has 0 aliphatic rings. The first-order valence-electron chi connectivity index (χ1n) is 9.35. The number of alkyl halides is 2. The van der Waals surface area contributed by atoms with E-state index in [1.807, 2.05) is 0 Å². The van der Waals surface area contributed by atoms with Crippen molar-refractivity contribution in [1.29, 1.82) is 0 Å². The van der Waals surface area contributed by atoms with E-state index in [9.17, 15) is 18.4 Å². The van der Waals surface area contributed by atoms with E-state index in [0.29, 0.717) is 25.3 Å². The van der Waals surface area contributed by atoms with Gasteiger partial charge in [-0.1, -0.05) is 12.1 Å². The summed E-state index contributed by atoms with van der Waals surface area (Å²) in [5, 5.41) is 2.82. The highest BCUT2D eigenvalue weighted by atomic mass is 19.3. The summed E-state index contributed by atoms with van der Waals surface area (Å²) >= 11 is 0. The molecule has 162 valence electrons. The highest BCUT2D eigenvalue weighted by Gasteiger charge is 2.13. The summed E-state index contributed by atoms with van der Waals surface area (Å²) in [5.74, 6) is 0.103. The monoisotopic (exact) mass is 421 g/mol. The summed E-state index contributed by atoms with van der Waals surface area (Å²) in [6.45, 7) is -2.12. The summed E-state index contributed by atoms with van der Waals surface area (Å²) in [6.07, 6.45) is 0.650. The van der Waals surface area contributed by atoms with Crippen LogP contribution in [0.5, 0.6) is 11.5 Å². The lowest BCUT2D eigenvalue weighted by molar-refractivity contribution is -0.120. The van der Waals surface area contributed by atoms with Crippen LogP contribution in [0.4, 0.5) is 14.5 Å². The Labute approximate surface area is 173 Å². The summed E-state index contributed by atoms with van der Waals surface area (Å²) in [4.78, 5) is 25.3. The topological polar surface area (TPSA) is 93.9 Å². The van der Waals surface area contributed by atoms with E-state index in [1.54, 1.807) is 48.4 Å². The number of methoxy groups -OCH3 is 1. The van der Waals surface area contributed by atoms with Crippen molar-refractivity contribution in [3.63, 3.8) is 0 Å². The zero-order valence-corrected chi connectivity index (χ0v) is 16.6. The van der Waals surface area contributed by atoms with Gasteiger partial charge in [-0.15, -0.1) is 0 Å². The Morgan fingerprint density at radius 3 is 2.27 bits per heavy atom. The number of carbonyl (C=O) groups excluding carboxylic acids is 2. The zero-order chi connectivity index (χ0) is 21.9. The lowest BCUT2D eigenvalue weighted by atomic mass is 10.1. The van der Waals surface area contributed by atoms with E-state index < -0.39 is 12.5 Å². The Bertz CT molecular complexity index is 814. The Morgan fingerprint density at radius 1 is 1.07 bits per heavy atom. The van der Waals surface area contributed by atoms with E-state index in [0.717, 1.165) is 11.3 Å². The third kappa shape index (κ3) is 7.94. The van der Waals surface area contributed by atoms with Crippen molar-refractivity contribution in [2.24, 2.45) is 5.73 Å². The number of hydrogen-bond donors (Lipinski definition) is 2. The van der Waals surface area contributed by atoms with Gasteiger partial charge in [-0.25, -0.2) is 0 Å². The molecule has 2 aromatic carbocycles. The number of carbonyl (C=O) groups is 2. The van der Waals surface area contributed by atoms with E-state index in [4.69, 9.17) is 10.5 Å². The molecule has 7 nitrogen and oxygen atoms in total. The van der Waals surface area contributed by atoms with Crippen molar-refractivity contribution in [2.75, 3.05) is 31.6 Å². The number of hydrogen-bond acceptors (Lipinski definition) is 5. The van der Waals surface area contributed by atoms with Gasteiger partial charge in [0.15, 0.2) is 0 Å². The summed E-state index contributed by atoms with van der Waals surface area (Å²) in [7, 11) is 1.56. The normalized spacial score (nSPS) is 10.5. The van der Waals surface area contributed by atoms with Gasteiger partial charge in [-0.05, 0) is 48.4 Å². The number of nitrogens with two attached hydrogens (primary N) is 1. The first-order chi connectivity index (χ1) is 14.4. The van der Waals surface area contributed by atoms with Crippen LogP contribution in [0, 0.1) is 0 Å². The highest BCUT2D eigenvalue weighted by molar-refractivity contribution is 5.82. The van der Waals surface area contributed by atoms with Crippen molar-refractivity contribution >= 4 is 17.5 Å². The average Bonchev–Trinajstić information content (AvgIpc) is 2.72. The molecule has 0 saturated carbocycles. The predicted molar refractivity (Wildman–Crippen MR) is 109 cm³/mol. The van der Waals surface area contributed by atoms with E-state index >= 15 is 0 Å². The van der Waals surface area contributed by atoms with Crippen LogP contribution in [-0.4, -0.2) is 45.2 Å². The quantitative estimate of drug-likeness (QED) is 0.549. The molecule has 0 bridgehead atoms. The first-order valence-corrected chi connectivity index (χ1v) is 9.35. The molecule has 0 aliphatic heterocycles. The molecule has 2 aromatic rings. The van der Waals surface area contributed by atoms with Crippen LogP contribution >= 0.6 is 0 Å². The molecule has 0 spiro atoms. The lowest BCUT2D eigenvalue weighted by Gasteiger charge is -2.24. The molecule has 0 fully saturated rings. The van der Waals surface area contributed by atoms with Gasteiger partial charge < -0.3 is 25.4 Å². The highest BCUT2D eigenvalue weighted by Crippen LogP contribution is 2.19. The van der Waals surface area contributed by atoms with Gasteiger partial charge in [0.25, 0.3) is 0 Å². The lowest BCUT2D eigenvalue weighted by Crippen LogP contribution is -2.39. The summed E-state index contributed by atoms with van der Waals surface area (Å²) in [5.41, 5.74) is 6.88. The van der Waals surface area contributed by atoms with E-state index in [2.05, 4.69) is 10.1 Å². The van der Waals surface area contributed by atoms with Gasteiger partial charge in [0.05, 0.1) is 13.7 Å². The maximum atomic E-state index is 12.4. The standard InChI is InChI=1S/C21H25F2N3O4/c1-29-17-8-4-16(5-9-17)26(13-11-19(24)27)14-20(28)25-12-10-15-2-6-18(7-3-15)30-21(22)23/h2-9,21H,10-14H2,1H3,(H2,24,27)(H,25,28). The third-order valence-electron chi connectivity index (χ3n) is 4.28. The molecule has 9 heteroatoms. The van der Waals surface area contributed by atoms with Gasteiger partial charge >= 0.3 is 6.61 Å². The molecule has 0 saturated heterocycles. The van der Waals surface area contributed by atoms with E-state index in [1.165, 1.54) is 12.1 Å². The maximum absolute atomic E-state index is 12.4. The van der Waals surface area contributed by atoms with Gasteiger partial charge in [-0.3, -0.25) is 9.59 Å². The average molecular weight is 421 g/mol. The van der Waals surface area contributed by atoms with Crippen LogP contribution in [0.3, 0.4) is 0 Å². The molecule has 0 unspecified atom stereocenters. The van der Waals surface area contributed by atoms with Crippen molar-refractivity contribution < 1.29 is 27.8 Å². The number of rotatable bonds is 12. The number of amides is 2. The molecule has 0 radical (unpaired) electrons. The van der Waals surface area contributed by atoms with Crippen LogP contribution in [0.15, 0.2) is 48.5 Å². The number of halogens is 2. The Balaban J connectivity index is 1.87. The van der Waals surface area contributed by atoms with Crippen molar-refractivity contribution in [3.05, 3.63) is 54.1 Å². The predicted octanol–water partition coefficient (Wildman–Crippen LogP) is 2.34. The SMILES string of the molecule is COc1ccc(N(CCC(N)=O)CC(=O)NCCc2ccc(OC(F)F)cc2)cc1. The van der Waals surface area contributed by atoms with Gasteiger partial charge in [0.1, 0.15) is 11.5 Å². The van der Waals surface area contributed by atoms with Gasteiger partial charge in [0, 0.05) is 25.2 Å². The van der Waals surface area contributed by atoms with Gasteiger partial charge in [0.2, 0.25) is 11.8 Å². The number of nitrogens with zero attached hydrogens (tertiary/aromatic N) is 1. The van der Waals surface area contributed by atoms with Crippen LogP contribution in [0.25, 0.3) is 0 Å². The number of primary amides is 1. The number of anilines is 1. The Hall–Kier alpha value is -3.36. The minimum atomic E-state index is -2.86. The molecule has 0 heterocycles. The molecule has 2 amide bonds. The van der Waals surface area contributed by atoms with Crippen molar-refractivity contribution in [3.8, 4) is 11.5 Å². The number of benzene rings is 2. The molecule has 2 rings (SSSR count). The molecule has 0 aromatic heterocycles. The number of nitrogens with one attached hydrogen (secondary N) is 1. The third-order valence-corrected chi connectivity index (χ3v) is 4.28. The molecule has 0 atom stereocenters. The fourth-order valence-corrected chi connectivity index (χ4v) is 2.75. The summed E-state index contributed by atoms with van der Waals surface area (Å²) in [6, 6.07) is 13.4. The van der Waals surface area contributed by atoms with Crippen LogP contribution in [0.2, 0.25) is 0 Å². The van der Waals surface area contributed by atoms with Crippen molar-refractivity contribution in [2.45, 2.75) is 19.5 Å². The van der Waals surface area contributed by atoms with Gasteiger partial charge in [-0.2, -0.15) is 8.78 Å². The molecule has 30 heavy (non-hydrogen) atoms. The fourth-order valence-electron chi connectivity index (χ4n) is 2.75. The van der Waals surface area contributed by atoms with Crippen LogP contribution < -0.4 is 25.4 Å². The minimum absolute atomic E-state index is 0.0563. The first kappa shape index (κ1) is 22.9. The second-order valence-electron chi connectivity index (χ2n) is 6.46. The van der Waals surface area contributed by atoms with Crippen LogP contribution in [-0.2, 0) is 16.0 Å². The second kappa shape index (κ2) is 11.6. The Morgan fingerprint density at radius 2 is 1.70 bits per heavy atom. The molecule has 3 N–H and O–H groups in total. The summed E-state index contributed by atoms with van der Waals surface area (Å²) < 4.78 is 33.8. The molecular weight excluding hydrogens is 396 g/mol.